The van der Waals surface area contributed by atoms with E-state index in [-0.39, 0.29) is 0 Å². The molecule has 0 spiro atoms. The SMILES string of the molecule is CCCCC1CCCC(C(C)CC)C1C(C(C)CC)C1CCCC1. The summed E-state index contributed by atoms with van der Waals surface area (Å²) in [5.74, 6) is 7.05. The first-order valence-electron chi connectivity index (χ1n) is 11.6. The van der Waals surface area contributed by atoms with Crippen molar-refractivity contribution in [3.63, 3.8) is 0 Å². The zero-order chi connectivity index (χ0) is 17.5. The Balaban J connectivity index is 2.27. The summed E-state index contributed by atoms with van der Waals surface area (Å²) >= 11 is 0. The van der Waals surface area contributed by atoms with Crippen molar-refractivity contribution in [3.05, 3.63) is 0 Å². The second-order valence-corrected chi connectivity index (χ2v) is 9.47. The van der Waals surface area contributed by atoms with Gasteiger partial charge in [0.2, 0.25) is 0 Å². The van der Waals surface area contributed by atoms with Crippen molar-refractivity contribution in [2.45, 2.75) is 112 Å². The Bertz CT molecular complexity index is 327. The molecule has 0 amide bonds. The Morgan fingerprint density at radius 3 is 2.12 bits per heavy atom. The predicted octanol–water partition coefficient (Wildman–Crippen LogP) is 8.11. The molecule has 0 nitrogen and oxygen atoms in total. The largest absolute Gasteiger partial charge is 0.0654 e. The zero-order valence-electron chi connectivity index (χ0n) is 17.5. The molecule has 0 heteroatoms. The second-order valence-electron chi connectivity index (χ2n) is 9.47. The first kappa shape index (κ1) is 20.3. The van der Waals surface area contributed by atoms with Gasteiger partial charge in [-0.05, 0) is 47.8 Å². The van der Waals surface area contributed by atoms with Crippen LogP contribution in [0.3, 0.4) is 0 Å². The molecule has 0 aliphatic heterocycles. The van der Waals surface area contributed by atoms with Crippen LogP contribution in [0, 0.1) is 41.4 Å². The summed E-state index contributed by atoms with van der Waals surface area (Å²) < 4.78 is 0. The van der Waals surface area contributed by atoms with Crippen LogP contribution in [-0.4, -0.2) is 0 Å². The molecule has 24 heavy (non-hydrogen) atoms. The standard InChI is InChI=1S/C24H46/c1-6-9-13-21-16-12-17-22(18(4)7-2)24(21)23(19(5)8-3)20-14-10-11-15-20/h18-24H,6-17H2,1-5H3. The first-order valence-corrected chi connectivity index (χ1v) is 11.6. The maximum absolute atomic E-state index is 2.60. The summed E-state index contributed by atoms with van der Waals surface area (Å²) in [6.07, 6.45) is 17.8. The van der Waals surface area contributed by atoms with Crippen molar-refractivity contribution in [2.75, 3.05) is 0 Å². The number of unbranched alkanes of at least 4 members (excludes halogenated alkanes) is 1. The maximum atomic E-state index is 2.60. The van der Waals surface area contributed by atoms with Crippen LogP contribution in [0.4, 0.5) is 0 Å². The summed E-state index contributed by atoms with van der Waals surface area (Å²) in [5, 5.41) is 0. The highest BCUT2D eigenvalue weighted by Crippen LogP contribution is 2.52. The monoisotopic (exact) mass is 334 g/mol. The van der Waals surface area contributed by atoms with E-state index >= 15 is 0 Å². The lowest BCUT2D eigenvalue weighted by atomic mass is 9.56. The third-order valence-corrected chi connectivity index (χ3v) is 8.14. The molecule has 0 aromatic rings. The van der Waals surface area contributed by atoms with Crippen LogP contribution in [0.2, 0.25) is 0 Å². The second kappa shape index (κ2) is 10.2. The fourth-order valence-corrected chi connectivity index (χ4v) is 6.49. The van der Waals surface area contributed by atoms with E-state index in [1.807, 2.05) is 0 Å². The number of rotatable bonds is 9. The molecule has 2 rings (SSSR count). The van der Waals surface area contributed by atoms with Gasteiger partial charge in [-0.2, -0.15) is 0 Å². The molecule has 2 fully saturated rings. The van der Waals surface area contributed by atoms with E-state index in [1.165, 1.54) is 64.2 Å². The summed E-state index contributed by atoms with van der Waals surface area (Å²) in [5.41, 5.74) is 0. The van der Waals surface area contributed by atoms with Crippen molar-refractivity contribution in [3.8, 4) is 0 Å². The van der Waals surface area contributed by atoms with Gasteiger partial charge >= 0.3 is 0 Å². The van der Waals surface area contributed by atoms with Crippen molar-refractivity contribution in [1.82, 2.24) is 0 Å². The van der Waals surface area contributed by atoms with E-state index in [1.54, 1.807) is 12.8 Å². The third-order valence-electron chi connectivity index (χ3n) is 8.14. The van der Waals surface area contributed by atoms with Gasteiger partial charge in [-0.1, -0.05) is 105 Å². The van der Waals surface area contributed by atoms with Gasteiger partial charge in [-0.3, -0.25) is 0 Å². The third kappa shape index (κ3) is 4.79. The van der Waals surface area contributed by atoms with Crippen LogP contribution in [-0.2, 0) is 0 Å². The van der Waals surface area contributed by atoms with Gasteiger partial charge in [0.25, 0.3) is 0 Å². The molecular weight excluding hydrogens is 288 g/mol. The van der Waals surface area contributed by atoms with Crippen LogP contribution < -0.4 is 0 Å². The molecule has 0 aromatic carbocycles. The van der Waals surface area contributed by atoms with Crippen LogP contribution in [0.5, 0.6) is 0 Å². The maximum Gasteiger partial charge on any atom is -0.0321 e. The van der Waals surface area contributed by atoms with Crippen LogP contribution in [0.1, 0.15) is 112 Å². The molecule has 0 bridgehead atoms. The van der Waals surface area contributed by atoms with Gasteiger partial charge in [0.05, 0.1) is 0 Å². The lowest BCUT2D eigenvalue weighted by Crippen LogP contribution is -2.42. The molecule has 2 saturated carbocycles. The molecule has 2 aliphatic rings. The van der Waals surface area contributed by atoms with Crippen molar-refractivity contribution < 1.29 is 0 Å². The van der Waals surface area contributed by atoms with E-state index in [4.69, 9.17) is 0 Å². The Morgan fingerprint density at radius 2 is 1.54 bits per heavy atom. The quantitative estimate of drug-likeness (QED) is 0.399. The van der Waals surface area contributed by atoms with Gasteiger partial charge in [0, 0.05) is 0 Å². The van der Waals surface area contributed by atoms with Crippen LogP contribution in [0.25, 0.3) is 0 Å². The first-order chi connectivity index (χ1) is 11.6. The van der Waals surface area contributed by atoms with E-state index in [0.29, 0.717) is 0 Å². The lowest BCUT2D eigenvalue weighted by Gasteiger charge is -2.49. The Kier molecular flexibility index (Phi) is 8.65. The molecular formula is C24H46. The average Bonchev–Trinajstić information content (AvgIpc) is 3.14. The summed E-state index contributed by atoms with van der Waals surface area (Å²) in [6, 6.07) is 0. The van der Waals surface area contributed by atoms with Crippen molar-refractivity contribution in [1.29, 1.82) is 0 Å². The Morgan fingerprint density at radius 1 is 0.833 bits per heavy atom. The predicted molar refractivity (Wildman–Crippen MR) is 108 cm³/mol. The zero-order valence-corrected chi connectivity index (χ0v) is 17.5. The lowest BCUT2D eigenvalue weighted by molar-refractivity contribution is -0.00190. The summed E-state index contributed by atoms with van der Waals surface area (Å²) in [7, 11) is 0. The molecule has 0 heterocycles. The minimum atomic E-state index is 0.937. The van der Waals surface area contributed by atoms with Gasteiger partial charge in [0.15, 0.2) is 0 Å². The van der Waals surface area contributed by atoms with Crippen LogP contribution in [0.15, 0.2) is 0 Å². The fraction of sp³-hybridized carbons (Fsp3) is 1.00. The normalized spacial score (nSPS) is 32.6. The smallest absolute Gasteiger partial charge is 0.0321 e. The number of hydrogen-bond donors (Lipinski definition) is 0. The van der Waals surface area contributed by atoms with E-state index in [0.717, 1.165) is 41.4 Å². The summed E-state index contributed by atoms with van der Waals surface area (Å²) in [6.45, 7) is 12.4. The Hall–Kier alpha value is 0. The van der Waals surface area contributed by atoms with E-state index in [2.05, 4.69) is 34.6 Å². The summed E-state index contributed by atoms with van der Waals surface area (Å²) in [4.78, 5) is 0. The van der Waals surface area contributed by atoms with Gasteiger partial charge < -0.3 is 0 Å². The molecule has 2 aliphatic carbocycles. The van der Waals surface area contributed by atoms with Gasteiger partial charge in [0.1, 0.15) is 0 Å². The molecule has 6 unspecified atom stereocenters. The molecule has 0 N–H and O–H groups in total. The van der Waals surface area contributed by atoms with Crippen molar-refractivity contribution >= 4 is 0 Å². The van der Waals surface area contributed by atoms with Crippen molar-refractivity contribution in [2.24, 2.45) is 41.4 Å². The number of hydrogen-bond acceptors (Lipinski definition) is 0. The van der Waals surface area contributed by atoms with E-state index in [9.17, 15) is 0 Å². The highest BCUT2D eigenvalue weighted by Gasteiger charge is 2.44. The minimum absolute atomic E-state index is 0.937. The molecule has 0 radical (unpaired) electrons. The Labute approximate surface area is 153 Å². The fourth-order valence-electron chi connectivity index (χ4n) is 6.49. The molecule has 0 saturated heterocycles. The molecule has 142 valence electrons. The van der Waals surface area contributed by atoms with E-state index < -0.39 is 0 Å². The highest BCUT2D eigenvalue weighted by atomic mass is 14.5. The van der Waals surface area contributed by atoms with Crippen LogP contribution >= 0.6 is 0 Å². The van der Waals surface area contributed by atoms with Gasteiger partial charge in [-0.15, -0.1) is 0 Å². The topological polar surface area (TPSA) is 0 Å². The van der Waals surface area contributed by atoms with Gasteiger partial charge in [-0.25, -0.2) is 0 Å². The molecule has 6 atom stereocenters. The minimum Gasteiger partial charge on any atom is -0.0654 e. The molecule has 0 aromatic heterocycles. The highest BCUT2D eigenvalue weighted by molar-refractivity contribution is 4.93. The average molecular weight is 335 g/mol.